The molecule has 1 aliphatic rings. The maximum atomic E-state index is 12.3. The minimum absolute atomic E-state index is 0.256. The van der Waals surface area contributed by atoms with E-state index < -0.39 is 0 Å². The molecule has 0 spiro atoms. The van der Waals surface area contributed by atoms with Crippen molar-refractivity contribution in [3.05, 3.63) is 52.3 Å². The zero-order valence-corrected chi connectivity index (χ0v) is 18.3. The van der Waals surface area contributed by atoms with Crippen LogP contribution in [-0.2, 0) is 16.0 Å². The van der Waals surface area contributed by atoms with Crippen LogP contribution in [0.1, 0.15) is 56.9 Å². The van der Waals surface area contributed by atoms with Crippen molar-refractivity contribution in [2.75, 3.05) is 19.4 Å². The van der Waals surface area contributed by atoms with Gasteiger partial charge < -0.3 is 4.74 Å². The number of thioether (sulfide) groups is 1. The molecule has 2 heterocycles. The lowest BCUT2D eigenvalue weighted by Crippen LogP contribution is -2.30. The Labute approximate surface area is 180 Å². The van der Waals surface area contributed by atoms with Crippen LogP contribution in [0.15, 0.2) is 29.4 Å². The van der Waals surface area contributed by atoms with E-state index in [0.29, 0.717) is 36.9 Å². The summed E-state index contributed by atoms with van der Waals surface area (Å²) >= 11 is 1.49. The lowest BCUT2D eigenvalue weighted by molar-refractivity contribution is -0.143. The highest BCUT2D eigenvalue weighted by Crippen LogP contribution is 2.22. The van der Waals surface area contributed by atoms with Crippen molar-refractivity contribution in [3.8, 4) is 0 Å². The average Bonchev–Trinajstić information content (AvgIpc) is 2.97. The third kappa shape index (κ3) is 4.87. The predicted octanol–water partition coefficient (Wildman–Crippen LogP) is 3.37. The van der Waals surface area contributed by atoms with Crippen LogP contribution >= 0.6 is 11.8 Å². The summed E-state index contributed by atoms with van der Waals surface area (Å²) < 4.78 is 5.30. The molecule has 0 fully saturated rings. The van der Waals surface area contributed by atoms with E-state index in [1.54, 1.807) is 24.3 Å². The fraction of sp³-hybridized carbons (Fsp3) is 0.409. The number of benzene rings is 1. The smallest absolute Gasteiger partial charge is 0.306 e. The third-order valence-corrected chi connectivity index (χ3v) is 5.63. The third-order valence-electron chi connectivity index (χ3n) is 5.08. The first-order valence-electron chi connectivity index (χ1n) is 9.91. The highest BCUT2D eigenvalue weighted by Gasteiger charge is 2.34. The first-order chi connectivity index (χ1) is 14.4. The molecule has 0 saturated carbocycles. The van der Waals surface area contributed by atoms with Gasteiger partial charge in [0.2, 0.25) is 0 Å². The molecule has 3 rings (SSSR count). The maximum Gasteiger partial charge on any atom is 0.306 e. The number of carbonyl (C=O) groups excluding carboxylic acids is 3. The van der Waals surface area contributed by atoms with Crippen molar-refractivity contribution in [2.24, 2.45) is 0 Å². The van der Waals surface area contributed by atoms with E-state index in [4.69, 9.17) is 4.74 Å². The minimum atomic E-state index is -0.275. The Morgan fingerprint density at radius 2 is 1.63 bits per heavy atom. The van der Waals surface area contributed by atoms with Crippen molar-refractivity contribution in [3.63, 3.8) is 0 Å². The van der Waals surface area contributed by atoms with Crippen LogP contribution in [-0.4, -0.2) is 52.1 Å². The number of fused-ring (bicyclic) bond motifs is 1. The molecule has 0 radical (unpaired) electrons. The number of imide groups is 1. The topological polar surface area (TPSA) is 89.5 Å². The Morgan fingerprint density at radius 3 is 2.20 bits per heavy atom. The summed E-state index contributed by atoms with van der Waals surface area (Å²) in [5.41, 5.74) is 3.67. The van der Waals surface area contributed by atoms with Gasteiger partial charge in [-0.2, -0.15) is 0 Å². The average molecular weight is 428 g/mol. The number of hydrogen-bond acceptors (Lipinski definition) is 7. The molecule has 1 aromatic heterocycles. The Kier molecular flexibility index (Phi) is 7.20. The number of amides is 2. The van der Waals surface area contributed by atoms with Crippen LogP contribution in [0.5, 0.6) is 0 Å². The number of nitrogens with zero attached hydrogens (tertiary/aromatic N) is 3. The summed E-state index contributed by atoms with van der Waals surface area (Å²) in [7, 11) is 0. The Bertz CT molecular complexity index is 919. The standard InChI is InChI=1S/C22H25N3O4S/c1-14-16(15(2)24-22(23-14)30-3)10-11-19(26)29-13-7-6-12-25-20(27)17-8-4-5-9-18(17)21(25)28/h4-5,8-9H,6-7,10-13H2,1-3H3. The molecule has 0 aliphatic carbocycles. The molecule has 158 valence electrons. The molecule has 30 heavy (non-hydrogen) atoms. The molecule has 0 unspecified atom stereocenters. The summed E-state index contributed by atoms with van der Waals surface area (Å²) in [4.78, 5) is 46.8. The molecule has 1 aliphatic heterocycles. The van der Waals surface area contributed by atoms with E-state index in [2.05, 4.69) is 9.97 Å². The normalized spacial score (nSPS) is 13.0. The molecule has 2 aromatic rings. The number of carbonyl (C=O) groups is 3. The maximum absolute atomic E-state index is 12.3. The van der Waals surface area contributed by atoms with Crippen LogP contribution < -0.4 is 0 Å². The van der Waals surface area contributed by atoms with Gasteiger partial charge in [-0.1, -0.05) is 23.9 Å². The summed E-state index contributed by atoms with van der Waals surface area (Å²) in [6.07, 6.45) is 3.91. The second kappa shape index (κ2) is 9.84. The van der Waals surface area contributed by atoms with E-state index in [9.17, 15) is 14.4 Å². The second-order valence-corrected chi connectivity index (χ2v) is 7.87. The number of aryl methyl sites for hydroxylation is 2. The highest BCUT2D eigenvalue weighted by atomic mass is 32.2. The molecule has 0 saturated heterocycles. The summed E-state index contributed by atoms with van der Waals surface area (Å²) in [6, 6.07) is 6.83. The Morgan fingerprint density at radius 1 is 1.03 bits per heavy atom. The summed E-state index contributed by atoms with van der Waals surface area (Å²) in [5, 5.41) is 0.731. The van der Waals surface area contributed by atoms with E-state index in [1.807, 2.05) is 20.1 Å². The minimum Gasteiger partial charge on any atom is -0.466 e. The fourth-order valence-corrected chi connectivity index (χ4v) is 3.92. The largest absolute Gasteiger partial charge is 0.466 e. The van der Waals surface area contributed by atoms with Crippen LogP contribution in [0.2, 0.25) is 0 Å². The van der Waals surface area contributed by atoms with Gasteiger partial charge in [-0.3, -0.25) is 19.3 Å². The predicted molar refractivity (Wildman–Crippen MR) is 114 cm³/mol. The van der Waals surface area contributed by atoms with Gasteiger partial charge in [-0.15, -0.1) is 0 Å². The van der Waals surface area contributed by atoms with Gasteiger partial charge in [0.25, 0.3) is 11.8 Å². The zero-order chi connectivity index (χ0) is 21.7. The number of rotatable bonds is 9. The number of unbranched alkanes of at least 4 members (excludes halogenated alkanes) is 1. The van der Waals surface area contributed by atoms with Crippen LogP contribution in [0, 0.1) is 13.8 Å². The number of aromatic nitrogens is 2. The second-order valence-electron chi connectivity index (χ2n) is 7.09. The molecule has 1 aromatic carbocycles. The van der Waals surface area contributed by atoms with Crippen molar-refractivity contribution >= 4 is 29.5 Å². The van der Waals surface area contributed by atoms with Gasteiger partial charge in [0.1, 0.15) is 0 Å². The number of esters is 1. The molecule has 0 atom stereocenters. The van der Waals surface area contributed by atoms with E-state index >= 15 is 0 Å². The number of ether oxygens (including phenoxy) is 1. The van der Waals surface area contributed by atoms with Crippen molar-refractivity contribution in [2.45, 2.75) is 44.7 Å². The molecule has 0 bridgehead atoms. The van der Waals surface area contributed by atoms with E-state index in [-0.39, 0.29) is 30.8 Å². The first kappa shape index (κ1) is 22.0. The highest BCUT2D eigenvalue weighted by molar-refractivity contribution is 7.98. The van der Waals surface area contributed by atoms with Crippen molar-refractivity contribution < 1.29 is 19.1 Å². The van der Waals surface area contributed by atoms with Gasteiger partial charge in [0, 0.05) is 24.4 Å². The molecule has 0 N–H and O–H groups in total. The zero-order valence-electron chi connectivity index (χ0n) is 17.4. The SMILES string of the molecule is CSc1nc(C)c(CCC(=O)OCCCCN2C(=O)c3ccccc3C2=O)c(C)n1. The first-order valence-corrected chi connectivity index (χ1v) is 11.1. The van der Waals surface area contributed by atoms with Crippen molar-refractivity contribution in [1.29, 1.82) is 0 Å². The van der Waals surface area contributed by atoms with Gasteiger partial charge in [0.05, 0.1) is 17.7 Å². The molecular formula is C22H25N3O4S. The molecule has 2 amide bonds. The molecular weight excluding hydrogens is 402 g/mol. The number of hydrogen-bond donors (Lipinski definition) is 0. The quantitative estimate of drug-likeness (QED) is 0.199. The van der Waals surface area contributed by atoms with Crippen LogP contribution in [0.25, 0.3) is 0 Å². The Balaban J connectivity index is 1.38. The van der Waals surface area contributed by atoms with E-state index in [0.717, 1.165) is 22.1 Å². The van der Waals surface area contributed by atoms with E-state index in [1.165, 1.54) is 16.7 Å². The van der Waals surface area contributed by atoms with Gasteiger partial charge >= 0.3 is 5.97 Å². The van der Waals surface area contributed by atoms with Crippen LogP contribution in [0.4, 0.5) is 0 Å². The van der Waals surface area contributed by atoms with Gasteiger partial charge in [-0.05, 0) is 57.1 Å². The summed E-state index contributed by atoms with van der Waals surface area (Å²) in [5.74, 6) is -0.787. The lowest BCUT2D eigenvalue weighted by Gasteiger charge is -2.13. The lowest BCUT2D eigenvalue weighted by atomic mass is 10.1. The monoisotopic (exact) mass is 427 g/mol. The van der Waals surface area contributed by atoms with Gasteiger partial charge in [-0.25, -0.2) is 9.97 Å². The Hall–Kier alpha value is -2.74. The van der Waals surface area contributed by atoms with Crippen molar-refractivity contribution in [1.82, 2.24) is 14.9 Å². The molecule has 8 heteroatoms. The molecule has 7 nitrogen and oxygen atoms in total. The van der Waals surface area contributed by atoms with Crippen LogP contribution in [0.3, 0.4) is 0 Å². The fourth-order valence-electron chi connectivity index (χ4n) is 3.46. The van der Waals surface area contributed by atoms with Gasteiger partial charge in [0.15, 0.2) is 5.16 Å². The summed E-state index contributed by atoms with van der Waals surface area (Å²) in [6.45, 7) is 4.44.